The molecule has 0 aliphatic rings. The molecule has 9 heteroatoms. The highest BCUT2D eigenvalue weighted by Crippen LogP contribution is 2.37. The summed E-state index contributed by atoms with van der Waals surface area (Å²) in [6, 6.07) is 7.84. The number of hydrogen-bond acceptors (Lipinski definition) is 4. The van der Waals surface area contributed by atoms with Gasteiger partial charge in [0.25, 0.3) is 0 Å². The number of hydrazine groups is 2. The van der Waals surface area contributed by atoms with Gasteiger partial charge in [-0.3, -0.25) is 5.01 Å². The van der Waals surface area contributed by atoms with Gasteiger partial charge in [-0.25, -0.2) is 21.5 Å². The molecule has 0 heterocycles. The Bertz CT molecular complexity index is 838. The van der Waals surface area contributed by atoms with Crippen LogP contribution in [0.25, 0.3) is 0 Å². The molecule has 0 unspecified atom stereocenters. The number of rotatable bonds is 4. The number of nitrogens with zero attached hydrogens (tertiary/aromatic N) is 2. The van der Waals surface area contributed by atoms with Crippen molar-refractivity contribution in [3.8, 4) is 5.75 Å². The number of carbonyl (C=O) groups is 1. The Hall–Kier alpha value is -2.78. The van der Waals surface area contributed by atoms with E-state index < -0.39 is 24.4 Å². The SMILES string of the molecule is Cc1ccc(OCc2c(N(N)C(=O)N(C)N)cccc2C(F)(F)F)c(C)c1. The van der Waals surface area contributed by atoms with Crippen molar-refractivity contribution in [1.29, 1.82) is 0 Å². The van der Waals surface area contributed by atoms with Crippen LogP contribution < -0.4 is 21.4 Å². The van der Waals surface area contributed by atoms with Crippen LogP contribution in [-0.4, -0.2) is 18.1 Å². The Morgan fingerprint density at radius 3 is 2.37 bits per heavy atom. The third-order valence-corrected chi connectivity index (χ3v) is 3.93. The molecule has 0 bridgehead atoms. The van der Waals surface area contributed by atoms with Gasteiger partial charge in [0, 0.05) is 12.6 Å². The molecular formula is C18H21F3N4O2. The number of nitrogens with two attached hydrogens (primary N) is 2. The zero-order chi connectivity index (χ0) is 20.4. The molecule has 6 nitrogen and oxygen atoms in total. The van der Waals surface area contributed by atoms with E-state index in [0.29, 0.717) is 15.8 Å². The number of hydrogen-bond donors (Lipinski definition) is 2. The minimum atomic E-state index is -4.64. The summed E-state index contributed by atoms with van der Waals surface area (Å²) in [4.78, 5) is 12.0. The predicted molar refractivity (Wildman–Crippen MR) is 95.7 cm³/mol. The number of aryl methyl sites for hydroxylation is 2. The van der Waals surface area contributed by atoms with Crippen molar-refractivity contribution in [3.05, 3.63) is 58.7 Å². The summed E-state index contributed by atoms with van der Waals surface area (Å²) in [6.07, 6.45) is -4.64. The van der Waals surface area contributed by atoms with E-state index in [4.69, 9.17) is 16.4 Å². The fourth-order valence-corrected chi connectivity index (χ4v) is 2.60. The fourth-order valence-electron chi connectivity index (χ4n) is 2.60. The van der Waals surface area contributed by atoms with E-state index in [0.717, 1.165) is 17.2 Å². The van der Waals surface area contributed by atoms with Crippen LogP contribution in [0.5, 0.6) is 5.75 Å². The number of amides is 2. The van der Waals surface area contributed by atoms with Crippen LogP contribution in [0.3, 0.4) is 0 Å². The van der Waals surface area contributed by atoms with Gasteiger partial charge in [-0.15, -0.1) is 0 Å². The van der Waals surface area contributed by atoms with Crippen molar-refractivity contribution in [2.75, 3.05) is 12.1 Å². The molecule has 0 radical (unpaired) electrons. The summed E-state index contributed by atoms with van der Waals surface area (Å²) in [7, 11) is 1.24. The lowest BCUT2D eigenvalue weighted by Crippen LogP contribution is -2.49. The van der Waals surface area contributed by atoms with E-state index in [9.17, 15) is 18.0 Å². The monoisotopic (exact) mass is 382 g/mol. The molecule has 2 aromatic carbocycles. The summed E-state index contributed by atoms with van der Waals surface area (Å²) in [6.45, 7) is 3.26. The molecule has 2 rings (SSSR count). The molecule has 4 N–H and O–H groups in total. The van der Waals surface area contributed by atoms with E-state index in [2.05, 4.69) is 0 Å². The zero-order valence-electron chi connectivity index (χ0n) is 15.2. The quantitative estimate of drug-likeness (QED) is 0.481. The van der Waals surface area contributed by atoms with Crippen molar-refractivity contribution < 1.29 is 22.7 Å². The van der Waals surface area contributed by atoms with Gasteiger partial charge in [-0.2, -0.15) is 13.2 Å². The molecule has 27 heavy (non-hydrogen) atoms. The smallest absolute Gasteiger partial charge is 0.416 e. The average Bonchev–Trinajstić information content (AvgIpc) is 2.58. The number of benzene rings is 2. The summed E-state index contributed by atoms with van der Waals surface area (Å²) in [5.74, 6) is 11.5. The first-order valence-electron chi connectivity index (χ1n) is 7.98. The lowest BCUT2D eigenvalue weighted by atomic mass is 10.0. The van der Waals surface area contributed by atoms with E-state index in [1.165, 1.54) is 19.2 Å². The van der Waals surface area contributed by atoms with Crippen molar-refractivity contribution in [3.63, 3.8) is 0 Å². The van der Waals surface area contributed by atoms with Gasteiger partial charge in [-0.05, 0) is 37.6 Å². The van der Waals surface area contributed by atoms with Crippen LogP contribution in [0.1, 0.15) is 22.3 Å². The third-order valence-electron chi connectivity index (χ3n) is 3.93. The molecular weight excluding hydrogens is 361 g/mol. The van der Waals surface area contributed by atoms with Gasteiger partial charge in [0.05, 0.1) is 11.3 Å². The van der Waals surface area contributed by atoms with Crippen LogP contribution in [0.2, 0.25) is 0 Å². The maximum Gasteiger partial charge on any atom is 0.416 e. The molecule has 0 aliphatic carbocycles. The van der Waals surface area contributed by atoms with Crippen molar-refractivity contribution in [1.82, 2.24) is 5.01 Å². The first-order valence-corrected chi connectivity index (χ1v) is 7.98. The number of anilines is 1. The van der Waals surface area contributed by atoms with Crippen molar-refractivity contribution >= 4 is 11.7 Å². The molecule has 2 amide bonds. The Morgan fingerprint density at radius 2 is 1.81 bits per heavy atom. The molecule has 0 aliphatic heterocycles. The van der Waals surface area contributed by atoms with Crippen LogP contribution in [0.4, 0.5) is 23.7 Å². The number of urea groups is 1. The van der Waals surface area contributed by atoms with Gasteiger partial charge in [0.15, 0.2) is 0 Å². The fraction of sp³-hybridized carbons (Fsp3) is 0.278. The van der Waals surface area contributed by atoms with Gasteiger partial charge in [0.2, 0.25) is 0 Å². The predicted octanol–water partition coefficient (Wildman–Crippen LogP) is 3.51. The Morgan fingerprint density at radius 1 is 1.15 bits per heavy atom. The van der Waals surface area contributed by atoms with E-state index in [-0.39, 0.29) is 11.3 Å². The maximum atomic E-state index is 13.5. The number of alkyl halides is 3. The minimum absolute atomic E-state index is 0.142. The van der Waals surface area contributed by atoms with Crippen molar-refractivity contribution in [2.45, 2.75) is 26.6 Å². The van der Waals surface area contributed by atoms with Crippen LogP contribution >= 0.6 is 0 Å². The van der Waals surface area contributed by atoms with E-state index in [1.807, 2.05) is 13.0 Å². The second kappa shape index (κ2) is 7.85. The highest BCUT2D eigenvalue weighted by molar-refractivity contribution is 5.91. The second-order valence-electron chi connectivity index (χ2n) is 6.12. The Balaban J connectivity index is 2.46. The minimum Gasteiger partial charge on any atom is -0.489 e. The average molecular weight is 382 g/mol. The summed E-state index contributed by atoms with van der Waals surface area (Å²) in [5, 5.41) is 1.24. The third kappa shape index (κ3) is 4.69. The topological polar surface area (TPSA) is 84.8 Å². The van der Waals surface area contributed by atoms with Gasteiger partial charge in [0.1, 0.15) is 12.4 Å². The molecule has 0 aromatic heterocycles. The zero-order valence-corrected chi connectivity index (χ0v) is 15.2. The number of carbonyl (C=O) groups excluding carboxylic acids is 1. The molecule has 146 valence electrons. The number of ether oxygens (including phenoxy) is 1. The van der Waals surface area contributed by atoms with Crippen LogP contribution in [0, 0.1) is 13.8 Å². The summed E-state index contributed by atoms with van der Waals surface area (Å²) in [5.41, 5.74) is 0.441. The molecule has 0 atom stereocenters. The summed E-state index contributed by atoms with van der Waals surface area (Å²) >= 11 is 0. The lowest BCUT2D eigenvalue weighted by Gasteiger charge is -2.25. The highest BCUT2D eigenvalue weighted by atomic mass is 19.4. The maximum absolute atomic E-state index is 13.5. The first kappa shape index (κ1) is 20.5. The van der Waals surface area contributed by atoms with Crippen molar-refractivity contribution in [2.24, 2.45) is 11.7 Å². The molecule has 0 fully saturated rings. The Labute approximate surface area is 155 Å². The normalized spacial score (nSPS) is 11.3. The summed E-state index contributed by atoms with van der Waals surface area (Å²) < 4.78 is 46.0. The van der Waals surface area contributed by atoms with E-state index >= 15 is 0 Å². The van der Waals surface area contributed by atoms with Crippen LogP contribution in [-0.2, 0) is 12.8 Å². The Kier molecular flexibility index (Phi) is 5.97. The van der Waals surface area contributed by atoms with Crippen LogP contribution in [0.15, 0.2) is 36.4 Å². The van der Waals surface area contributed by atoms with Gasteiger partial charge >= 0.3 is 12.2 Å². The molecule has 2 aromatic rings. The van der Waals surface area contributed by atoms with Gasteiger partial charge < -0.3 is 4.74 Å². The standard InChI is InChI=1S/C18H21F3N4O2/c1-11-7-8-16(12(2)9-11)27-10-13-14(18(19,20)21)5-4-6-15(13)25(23)17(26)24(3)22/h4-9H,10,22-23H2,1-3H3. The highest BCUT2D eigenvalue weighted by Gasteiger charge is 2.35. The molecule has 0 spiro atoms. The second-order valence-corrected chi connectivity index (χ2v) is 6.12. The molecule has 0 saturated heterocycles. The lowest BCUT2D eigenvalue weighted by molar-refractivity contribution is -0.138. The molecule has 0 saturated carbocycles. The van der Waals surface area contributed by atoms with E-state index in [1.54, 1.807) is 19.1 Å². The largest absolute Gasteiger partial charge is 0.489 e. The number of halogens is 3. The first-order chi connectivity index (χ1) is 12.5. The van der Waals surface area contributed by atoms with Gasteiger partial charge in [-0.1, -0.05) is 23.8 Å².